The molecule has 1 rings (SSSR count). The smallest absolute Gasteiger partial charge is 0.132 e. The number of nitrogens with one attached hydrogen (secondary N) is 2. The molecule has 0 radical (unpaired) electrons. The van der Waals surface area contributed by atoms with E-state index >= 15 is 0 Å². The summed E-state index contributed by atoms with van der Waals surface area (Å²) >= 11 is 0. The highest BCUT2D eigenvalue weighted by molar-refractivity contribution is 5.47. The van der Waals surface area contributed by atoms with Crippen LogP contribution in [-0.2, 0) is 0 Å². The monoisotopic (exact) mass is 249 g/mol. The Balaban J connectivity index is 2.70. The SMILES string of the molecule is C=CCNc1cc(NCC(C)(C)CN)nc(C)n1. The molecule has 0 aliphatic carbocycles. The summed E-state index contributed by atoms with van der Waals surface area (Å²) in [6, 6.07) is 1.89. The third-order valence-electron chi connectivity index (χ3n) is 2.57. The molecule has 0 aliphatic heterocycles. The van der Waals surface area contributed by atoms with E-state index in [9.17, 15) is 0 Å². The van der Waals surface area contributed by atoms with Gasteiger partial charge in [0.1, 0.15) is 17.5 Å². The summed E-state index contributed by atoms with van der Waals surface area (Å²) in [6.07, 6.45) is 1.79. The van der Waals surface area contributed by atoms with Gasteiger partial charge in [-0.25, -0.2) is 9.97 Å². The van der Waals surface area contributed by atoms with Crippen molar-refractivity contribution < 1.29 is 0 Å². The number of hydrogen-bond acceptors (Lipinski definition) is 5. The van der Waals surface area contributed by atoms with Crippen LogP contribution in [0, 0.1) is 12.3 Å². The molecule has 0 bridgehead atoms. The Hall–Kier alpha value is -1.62. The van der Waals surface area contributed by atoms with Crippen molar-refractivity contribution in [3.8, 4) is 0 Å². The van der Waals surface area contributed by atoms with Crippen LogP contribution in [-0.4, -0.2) is 29.6 Å². The van der Waals surface area contributed by atoms with Crippen molar-refractivity contribution >= 4 is 11.6 Å². The van der Waals surface area contributed by atoms with Crippen LogP contribution in [0.1, 0.15) is 19.7 Å². The molecule has 0 aliphatic rings. The molecule has 0 atom stereocenters. The normalized spacial score (nSPS) is 11.1. The first-order valence-corrected chi connectivity index (χ1v) is 6.11. The molecule has 5 nitrogen and oxygen atoms in total. The molecular formula is C13H23N5. The molecule has 0 aromatic carbocycles. The van der Waals surface area contributed by atoms with Crippen LogP contribution < -0.4 is 16.4 Å². The standard InChI is InChI=1S/C13H23N5/c1-5-6-15-11-7-12(18-10(2)17-11)16-9-13(3,4)8-14/h5,7H,1,6,8-9,14H2,2-4H3,(H2,15,16,17,18). The quantitative estimate of drug-likeness (QED) is 0.642. The maximum atomic E-state index is 5.70. The highest BCUT2D eigenvalue weighted by atomic mass is 15.1. The maximum absolute atomic E-state index is 5.70. The summed E-state index contributed by atoms with van der Waals surface area (Å²) < 4.78 is 0. The van der Waals surface area contributed by atoms with Crippen LogP contribution in [0.5, 0.6) is 0 Å². The second-order valence-electron chi connectivity index (χ2n) is 5.08. The van der Waals surface area contributed by atoms with E-state index < -0.39 is 0 Å². The van der Waals surface area contributed by atoms with Crippen LogP contribution >= 0.6 is 0 Å². The first kappa shape index (κ1) is 14.4. The van der Waals surface area contributed by atoms with Crippen molar-refractivity contribution in [1.82, 2.24) is 9.97 Å². The van der Waals surface area contributed by atoms with Crippen LogP contribution in [0.15, 0.2) is 18.7 Å². The Morgan fingerprint density at radius 1 is 1.33 bits per heavy atom. The molecule has 1 aromatic rings. The van der Waals surface area contributed by atoms with Crippen LogP contribution in [0.2, 0.25) is 0 Å². The second-order valence-corrected chi connectivity index (χ2v) is 5.08. The summed E-state index contributed by atoms with van der Waals surface area (Å²) in [5.41, 5.74) is 5.75. The molecule has 1 heterocycles. The van der Waals surface area contributed by atoms with Crippen molar-refractivity contribution in [3.63, 3.8) is 0 Å². The second kappa shape index (κ2) is 6.35. The fraction of sp³-hybridized carbons (Fsp3) is 0.538. The topological polar surface area (TPSA) is 75.9 Å². The van der Waals surface area contributed by atoms with Gasteiger partial charge in [-0.15, -0.1) is 6.58 Å². The Bertz CT molecular complexity index is 400. The van der Waals surface area contributed by atoms with Crippen LogP contribution in [0.4, 0.5) is 11.6 Å². The van der Waals surface area contributed by atoms with E-state index in [1.165, 1.54) is 0 Å². The molecule has 4 N–H and O–H groups in total. The van der Waals surface area contributed by atoms with Gasteiger partial charge in [0, 0.05) is 19.2 Å². The molecule has 0 saturated carbocycles. The predicted molar refractivity (Wildman–Crippen MR) is 76.8 cm³/mol. The fourth-order valence-corrected chi connectivity index (χ4v) is 1.33. The molecule has 5 heteroatoms. The van der Waals surface area contributed by atoms with Gasteiger partial charge in [0.05, 0.1) is 0 Å². The zero-order valence-corrected chi connectivity index (χ0v) is 11.5. The van der Waals surface area contributed by atoms with Crippen molar-refractivity contribution in [2.75, 3.05) is 30.3 Å². The number of nitrogens with zero attached hydrogens (tertiary/aromatic N) is 2. The third kappa shape index (κ3) is 4.71. The van der Waals surface area contributed by atoms with E-state index in [4.69, 9.17) is 5.73 Å². The van der Waals surface area contributed by atoms with Gasteiger partial charge in [-0.1, -0.05) is 19.9 Å². The van der Waals surface area contributed by atoms with Gasteiger partial charge in [-0.3, -0.25) is 0 Å². The van der Waals surface area contributed by atoms with Gasteiger partial charge >= 0.3 is 0 Å². The summed E-state index contributed by atoms with van der Waals surface area (Å²) in [6.45, 7) is 11.9. The van der Waals surface area contributed by atoms with Gasteiger partial charge in [0.2, 0.25) is 0 Å². The minimum atomic E-state index is 0.0492. The number of nitrogens with two attached hydrogens (primary N) is 1. The van der Waals surface area contributed by atoms with Crippen LogP contribution in [0.25, 0.3) is 0 Å². The molecule has 0 unspecified atom stereocenters. The first-order valence-electron chi connectivity index (χ1n) is 6.11. The van der Waals surface area contributed by atoms with Crippen LogP contribution in [0.3, 0.4) is 0 Å². The van der Waals surface area contributed by atoms with Gasteiger partial charge in [-0.2, -0.15) is 0 Å². The molecule has 0 saturated heterocycles. The summed E-state index contributed by atoms with van der Waals surface area (Å²) in [5, 5.41) is 6.45. The number of aromatic nitrogens is 2. The highest BCUT2D eigenvalue weighted by Crippen LogP contribution is 2.16. The lowest BCUT2D eigenvalue weighted by atomic mass is 9.94. The molecular weight excluding hydrogens is 226 g/mol. The third-order valence-corrected chi connectivity index (χ3v) is 2.57. The molecule has 100 valence electrons. The molecule has 18 heavy (non-hydrogen) atoms. The lowest BCUT2D eigenvalue weighted by molar-refractivity contribution is 0.405. The maximum Gasteiger partial charge on any atom is 0.132 e. The largest absolute Gasteiger partial charge is 0.369 e. The number of anilines is 2. The van der Waals surface area contributed by atoms with E-state index in [-0.39, 0.29) is 5.41 Å². The Kier molecular flexibility index (Phi) is 5.09. The zero-order chi connectivity index (χ0) is 13.6. The Morgan fingerprint density at radius 3 is 2.50 bits per heavy atom. The van der Waals surface area contributed by atoms with E-state index in [1.54, 1.807) is 6.08 Å². The predicted octanol–water partition coefficient (Wildman–Crippen LogP) is 1.78. The lowest BCUT2D eigenvalue weighted by Gasteiger charge is -2.23. The summed E-state index contributed by atoms with van der Waals surface area (Å²) in [5.74, 6) is 2.35. The van der Waals surface area contributed by atoms with Gasteiger partial charge in [0.25, 0.3) is 0 Å². The molecule has 0 fully saturated rings. The number of rotatable bonds is 7. The van der Waals surface area contributed by atoms with Crippen molar-refractivity contribution in [2.24, 2.45) is 11.1 Å². The number of aryl methyl sites for hydroxylation is 1. The fourth-order valence-electron chi connectivity index (χ4n) is 1.33. The van der Waals surface area contributed by atoms with E-state index in [0.717, 1.165) is 24.0 Å². The van der Waals surface area contributed by atoms with E-state index in [1.807, 2.05) is 13.0 Å². The minimum absolute atomic E-state index is 0.0492. The highest BCUT2D eigenvalue weighted by Gasteiger charge is 2.15. The lowest BCUT2D eigenvalue weighted by Crippen LogP contribution is -2.31. The summed E-state index contributed by atoms with van der Waals surface area (Å²) in [4.78, 5) is 8.65. The molecule has 1 aromatic heterocycles. The van der Waals surface area contributed by atoms with Crippen molar-refractivity contribution in [2.45, 2.75) is 20.8 Å². The Labute approximate surface area is 109 Å². The Morgan fingerprint density at radius 2 is 1.94 bits per heavy atom. The first-order chi connectivity index (χ1) is 8.46. The van der Waals surface area contributed by atoms with Crippen molar-refractivity contribution in [1.29, 1.82) is 0 Å². The van der Waals surface area contributed by atoms with E-state index in [2.05, 4.69) is 41.0 Å². The van der Waals surface area contributed by atoms with E-state index in [0.29, 0.717) is 13.1 Å². The van der Waals surface area contributed by atoms with Gasteiger partial charge in [0.15, 0.2) is 0 Å². The summed E-state index contributed by atoms with van der Waals surface area (Å²) in [7, 11) is 0. The van der Waals surface area contributed by atoms with Gasteiger partial charge < -0.3 is 16.4 Å². The number of hydrogen-bond donors (Lipinski definition) is 3. The average Bonchev–Trinajstić information content (AvgIpc) is 2.33. The molecule has 0 amide bonds. The average molecular weight is 249 g/mol. The molecule has 0 spiro atoms. The minimum Gasteiger partial charge on any atom is -0.369 e. The zero-order valence-electron chi connectivity index (χ0n) is 11.5. The van der Waals surface area contributed by atoms with Gasteiger partial charge in [-0.05, 0) is 18.9 Å². The van der Waals surface area contributed by atoms with Crippen molar-refractivity contribution in [3.05, 3.63) is 24.5 Å².